The lowest BCUT2D eigenvalue weighted by Crippen LogP contribution is -2.53. The summed E-state index contributed by atoms with van der Waals surface area (Å²) in [5, 5.41) is 2.96. The molecule has 1 aliphatic rings. The van der Waals surface area contributed by atoms with Crippen molar-refractivity contribution in [3.8, 4) is 0 Å². The van der Waals surface area contributed by atoms with Gasteiger partial charge in [0.1, 0.15) is 5.42 Å². The second kappa shape index (κ2) is 11.8. The molecule has 0 aliphatic carbocycles. The van der Waals surface area contributed by atoms with Gasteiger partial charge in [0.2, 0.25) is 5.91 Å². The number of likely N-dealkylation sites (tertiary alicyclic amines) is 1. The number of hydrogen-bond acceptors (Lipinski definition) is 3. The van der Waals surface area contributed by atoms with Gasteiger partial charge in [-0.25, -0.2) is 4.79 Å². The highest BCUT2D eigenvalue weighted by atomic mass is 31.2. The summed E-state index contributed by atoms with van der Waals surface area (Å²) < 4.78 is 6.52. The van der Waals surface area contributed by atoms with E-state index in [0.29, 0.717) is 18.4 Å². The van der Waals surface area contributed by atoms with Crippen molar-refractivity contribution in [3.63, 3.8) is 0 Å². The maximum absolute atomic E-state index is 14.8. The minimum absolute atomic E-state index is 0.0694. The molecule has 1 amide bonds. The van der Waals surface area contributed by atoms with Crippen LogP contribution < -0.4 is 15.9 Å². The second-order valence-electron chi connectivity index (χ2n) is 9.90. The van der Waals surface area contributed by atoms with Crippen LogP contribution in [0.3, 0.4) is 0 Å². The van der Waals surface area contributed by atoms with Crippen molar-refractivity contribution in [2.75, 3.05) is 6.54 Å². The highest BCUT2D eigenvalue weighted by molar-refractivity contribution is 7.96. The van der Waals surface area contributed by atoms with Crippen molar-refractivity contribution in [2.24, 2.45) is 0 Å². The van der Waals surface area contributed by atoms with E-state index >= 15 is 0 Å². The van der Waals surface area contributed by atoms with Crippen molar-refractivity contribution >= 4 is 40.1 Å². The monoisotopic (exact) mass is 555 g/mol. The first-order valence-corrected chi connectivity index (χ1v) is 15.5. The summed E-state index contributed by atoms with van der Waals surface area (Å²) in [7, 11) is 0. The maximum atomic E-state index is 14.8. The Bertz CT molecular complexity index is 1550. The van der Waals surface area contributed by atoms with Crippen molar-refractivity contribution in [1.29, 1.82) is 0 Å². The molecule has 0 saturated carbocycles. The molecule has 0 N–H and O–H groups in total. The molecule has 0 aromatic heterocycles. The summed E-state index contributed by atoms with van der Waals surface area (Å²) >= 11 is 0. The number of rotatable bonds is 8. The third kappa shape index (κ3) is 5.03. The van der Waals surface area contributed by atoms with E-state index in [2.05, 4.69) is 36.4 Å². The van der Waals surface area contributed by atoms with E-state index in [-0.39, 0.29) is 5.91 Å². The van der Waals surface area contributed by atoms with Crippen molar-refractivity contribution < 1.29 is 14.3 Å². The quantitative estimate of drug-likeness (QED) is 0.141. The molecule has 4 nitrogen and oxygen atoms in total. The van der Waals surface area contributed by atoms with Gasteiger partial charge in [0, 0.05) is 19.9 Å². The van der Waals surface area contributed by atoms with E-state index in [0.717, 1.165) is 27.0 Å². The summed E-state index contributed by atoms with van der Waals surface area (Å²) in [6.45, 7) is -2.40. The molecule has 41 heavy (non-hydrogen) atoms. The third-order valence-electron chi connectivity index (χ3n) is 7.47. The summed E-state index contributed by atoms with van der Waals surface area (Å²) in [5.41, 5.74) is 2.14. The second-order valence-corrected chi connectivity index (χ2v) is 13.2. The lowest BCUT2D eigenvalue weighted by molar-refractivity contribution is -0.143. The van der Waals surface area contributed by atoms with Crippen LogP contribution >= 0.6 is 6.89 Å². The average Bonchev–Trinajstić information content (AvgIpc) is 3.05. The van der Waals surface area contributed by atoms with Crippen molar-refractivity contribution in [2.45, 2.75) is 12.5 Å². The van der Waals surface area contributed by atoms with Crippen LogP contribution in [0.1, 0.15) is 23.7 Å². The zero-order valence-corrected chi connectivity index (χ0v) is 23.4. The Hall–Kier alpha value is -4.66. The molecular formula is C36H30NO3P. The van der Waals surface area contributed by atoms with E-state index in [1.165, 1.54) is 0 Å². The van der Waals surface area contributed by atoms with Gasteiger partial charge < -0.3 is 9.64 Å². The fraction of sp³-hybridized carbons (Fsp3) is 0.0833. The number of carbonyl (C=O) groups excluding carboxylic acids is 2. The zero-order chi connectivity index (χ0) is 28.1. The topological polar surface area (TPSA) is 46.6 Å². The lowest BCUT2D eigenvalue weighted by atomic mass is 10.0. The van der Waals surface area contributed by atoms with Gasteiger partial charge in [-0.15, -0.1) is 0 Å². The van der Waals surface area contributed by atoms with Crippen LogP contribution in [-0.4, -0.2) is 28.7 Å². The van der Waals surface area contributed by atoms with Crippen LogP contribution in [0, 0.1) is 0 Å². The summed E-state index contributed by atoms with van der Waals surface area (Å²) in [6.07, 6.45) is -0.240. The van der Waals surface area contributed by atoms with Crippen molar-refractivity contribution in [1.82, 2.24) is 4.90 Å². The molecule has 5 aromatic rings. The number of carbonyl (C=O) groups is 2. The van der Waals surface area contributed by atoms with Gasteiger partial charge in [-0.1, -0.05) is 152 Å². The predicted octanol–water partition coefficient (Wildman–Crippen LogP) is 5.68. The van der Waals surface area contributed by atoms with E-state index in [9.17, 15) is 9.59 Å². The van der Waals surface area contributed by atoms with E-state index < -0.39 is 19.0 Å². The molecule has 0 atom stereocenters. The third-order valence-corrected chi connectivity index (χ3v) is 11.7. The average molecular weight is 556 g/mol. The van der Waals surface area contributed by atoms with E-state index in [1.807, 2.05) is 115 Å². The number of ether oxygens (including phenoxy) is 1. The van der Waals surface area contributed by atoms with E-state index in [4.69, 9.17) is 4.74 Å². The van der Waals surface area contributed by atoms with Gasteiger partial charge in [-0.05, 0) is 27.0 Å². The molecule has 5 heteroatoms. The number of β-lactam (4-membered cyclic amide) rings is 1. The maximum Gasteiger partial charge on any atom is 0.356 e. The first-order valence-electron chi connectivity index (χ1n) is 13.7. The standard InChI is InChI=1S/C36H30NO3P/c38-33-26-27-37(33)35(36(39)40-34(28-16-6-1-7-17-28)29-18-8-2-9-19-29)41(30-20-10-3-11-21-30,31-22-12-4-13-23-31)32-24-14-5-15-25-32/h1-25,34H,26-27H2. The van der Waals surface area contributed by atoms with Gasteiger partial charge in [-0.2, -0.15) is 0 Å². The normalized spacial score (nSPS) is 13.0. The largest absolute Gasteiger partial charge is 0.448 e. The fourth-order valence-corrected chi connectivity index (χ4v) is 9.87. The molecule has 1 fully saturated rings. The summed E-state index contributed by atoms with van der Waals surface area (Å²) in [4.78, 5) is 29.7. The minimum Gasteiger partial charge on any atom is -0.448 e. The van der Waals surface area contributed by atoms with Crippen molar-refractivity contribution in [3.05, 3.63) is 163 Å². The van der Waals surface area contributed by atoms with Gasteiger partial charge in [0.05, 0.1) is 0 Å². The van der Waals surface area contributed by atoms with Gasteiger partial charge >= 0.3 is 5.97 Å². The van der Waals surface area contributed by atoms with Crippen LogP contribution in [-0.2, 0) is 14.3 Å². The number of hydrogen-bond donors (Lipinski definition) is 0. The molecule has 0 unspecified atom stereocenters. The van der Waals surface area contributed by atoms with E-state index in [1.54, 1.807) is 4.90 Å². The molecule has 0 spiro atoms. The highest BCUT2D eigenvalue weighted by Gasteiger charge is 2.42. The van der Waals surface area contributed by atoms with Crippen LogP contribution in [0.25, 0.3) is 0 Å². The summed E-state index contributed by atoms with van der Waals surface area (Å²) in [6, 6.07) is 49.8. The molecule has 0 bridgehead atoms. The Morgan fingerprint density at radius 3 is 1.27 bits per heavy atom. The molecule has 202 valence electrons. The lowest BCUT2D eigenvalue weighted by Gasteiger charge is -2.40. The Balaban J connectivity index is 1.67. The smallest absolute Gasteiger partial charge is 0.356 e. The minimum atomic E-state index is -2.87. The zero-order valence-electron chi connectivity index (χ0n) is 22.5. The Morgan fingerprint density at radius 1 is 0.585 bits per heavy atom. The Morgan fingerprint density at radius 2 is 0.951 bits per heavy atom. The van der Waals surface area contributed by atoms with Crippen LogP contribution in [0.5, 0.6) is 0 Å². The number of nitrogens with zero attached hydrogens (tertiary/aromatic N) is 1. The SMILES string of the molecule is O=C(OC(c1ccccc1)c1ccccc1)C(N1CCC1=O)=P(c1ccccc1)(c1ccccc1)c1ccccc1. The number of benzene rings is 5. The molecule has 6 rings (SSSR count). The molecule has 1 heterocycles. The van der Waals surface area contributed by atoms with Gasteiger partial charge in [0.25, 0.3) is 0 Å². The molecule has 1 aliphatic heterocycles. The first kappa shape index (κ1) is 26.6. The molecule has 0 radical (unpaired) electrons. The fourth-order valence-electron chi connectivity index (χ4n) is 5.48. The summed E-state index contributed by atoms with van der Waals surface area (Å²) in [5.74, 6) is -0.555. The number of esters is 1. The molecule has 1 saturated heterocycles. The van der Waals surface area contributed by atoms with Crippen LogP contribution in [0.4, 0.5) is 0 Å². The molecular weight excluding hydrogens is 525 g/mol. The number of amides is 1. The Labute approximate surface area is 240 Å². The predicted molar refractivity (Wildman–Crippen MR) is 167 cm³/mol. The van der Waals surface area contributed by atoms with Crippen LogP contribution in [0.15, 0.2) is 152 Å². The van der Waals surface area contributed by atoms with Crippen LogP contribution in [0.2, 0.25) is 0 Å². The Kier molecular flexibility index (Phi) is 7.67. The van der Waals surface area contributed by atoms with Gasteiger partial charge in [-0.3, -0.25) is 4.79 Å². The van der Waals surface area contributed by atoms with Gasteiger partial charge in [0.15, 0.2) is 6.10 Å². The highest BCUT2D eigenvalue weighted by Crippen LogP contribution is 2.48. The first-order chi connectivity index (χ1) is 20.2. The molecule has 5 aromatic carbocycles.